The zero-order valence-corrected chi connectivity index (χ0v) is 22.9. The standard InChI is InChI=1S/C25H24Br2N2O4S/c1-16(18-6-10-22(27)11-7-18)28-24(30)19-12-20(25(31)33-3)14-23(13-19)29(2)34(32)15-17-4-8-21(26)9-5-17/h4-14,16H,15H2,1-3H3,(H,28,30)/t16-,34?/m0/s1. The van der Waals surface area contributed by atoms with E-state index in [1.54, 1.807) is 23.5 Å². The summed E-state index contributed by atoms with van der Waals surface area (Å²) in [6, 6.07) is 19.6. The van der Waals surface area contributed by atoms with Crippen LogP contribution in [0.5, 0.6) is 0 Å². The molecule has 0 aliphatic rings. The minimum Gasteiger partial charge on any atom is -0.465 e. The number of anilines is 1. The fraction of sp³-hybridized carbons (Fsp3) is 0.200. The summed E-state index contributed by atoms with van der Waals surface area (Å²) in [6.45, 7) is 1.88. The van der Waals surface area contributed by atoms with Gasteiger partial charge in [0.25, 0.3) is 5.91 Å². The number of ether oxygens (including phenoxy) is 1. The topological polar surface area (TPSA) is 75.7 Å². The van der Waals surface area contributed by atoms with Crippen molar-refractivity contribution in [3.63, 3.8) is 0 Å². The zero-order chi connectivity index (χ0) is 24.8. The lowest BCUT2D eigenvalue weighted by Gasteiger charge is -2.21. The molecule has 2 atom stereocenters. The Morgan fingerprint density at radius 1 is 0.971 bits per heavy atom. The summed E-state index contributed by atoms with van der Waals surface area (Å²) in [5.41, 5.74) is 2.79. The fourth-order valence-electron chi connectivity index (χ4n) is 3.21. The Kier molecular flexibility index (Phi) is 9.04. The molecule has 0 bridgehead atoms. The molecular formula is C25H24Br2N2O4S. The normalized spacial score (nSPS) is 12.5. The molecule has 0 fully saturated rings. The molecule has 3 aromatic carbocycles. The van der Waals surface area contributed by atoms with Crippen LogP contribution >= 0.6 is 31.9 Å². The largest absolute Gasteiger partial charge is 0.465 e. The van der Waals surface area contributed by atoms with Crippen molar-refractivity contribution in [2.24, 2.45) is 0 Å². The van der Waals surface area contributed by atoms with Crippen LogP contribution in [0.3, 0.4) is 0 Å². The zero-order valence-electron chi connectivity index (χ0n) is 18.9. The van der Waals surface area contributed by atoms with Crippen molar-refractivity contribution in [1.82, 2.24) is 5.32 Å². The predicted octanol–water partition coefficient (Wildman–Crippen LogP) is 5.79. The van der Waals surface area contributed by atoms with Crippen LogP contribution in [-0.4, -0.2) is 30.2 Å². The lowest BCUT2D eigenvalue weighted by Crippen LogP contribution is -2.28. The van der Waals surface area contributed by atoms with Gasteiger partial charge in [0.1, 0.15) is 11.0 Å². The van der Waals surface area contributed by atoms with Crippen LogP contribution in [0, 0.1) is 0 Å². The second-order valence-electron chi connectivity index (χ2n) is 7.60. The molecule has 0 aliphatic carbocycles. The van der Waals surface area contributed by atoms with Gasteiger partial charge in [0.05, 0.1) is 30.2 Å². The molecule has 0 aromatic heterocycles. The van der Waals surface area contributed by atoms with Crippen molar-refractivity contribution in [2.75, 3.05) is 18.5 Å². The number of halogens is 2. The summed E-state index contributed by atoms with van der Waals surface area (Å²) in [5, 5.41) is 2.95. The van der Waals surface area contributed by atoms with E-state index in [9.17, 15) is 13.8 Å². The maximum absolute atomic E-state index is 13.1. The fourth-order valence-corrected chi connectivity index (χ4v) is 4.75. The van der Waals surface area contributed by atoms with Crippen LogP contribution in [0.1, 0.15) is 44.8 Å². The van der Waals surface area contributed by atoms with Gasteiger partial charge in [0.2, 0.25) is 0 Å². The van der Waals surface area contributed by atoms with Gasteiger partial charge in [-0.25, -0.2) is 9.00 Å². The molecule has 0 saturated heterocycles. The summed E-state index contributed by atoms with van der Waals surface area (Å²) >= 11 is 6.80. The predicted molar refractivity (Wildman–Crippen MR) is 142 cm³/mol. The Bertz CT molecular complexity index is 1200. The third kappa shape index (κ3) is 6.77. The molecule has 3 rings (SSSR count). The highest BCUT2D eigenvalue weighted by Gasteiger charge is 2.19. The molecule has 178 valence electrons. The molecule has 0 radical (unpaired) electrons. The van der Waals surface area contributed by atoms with E-state index in [0.717, 1.165) is 20.1 Å². The van der Waals surface area contributed by atoms with Gasteiger partial charge in [-0.2, -0.15) is 0 Å². The number of carbonyl (C=O) groups is 2. The SMILES string of the molecule is COC(=O)c1cc(C(=O)N[C@@H](C)c2ccc(Br)cc2)cc(N(C)S(=O)Cc2ccc(Br)cc2)c1. The number of esters is 1. The Hall–Kier alpha value is -2.49. The molecule has 0 saturated carbocycles. The second-order valence-corrected chi connectivity index (χ2v) is 10.9. The number of methoxy groups -OCH3 is 1. The van der Waals surface area contributed by atoms with Gasteiger partial charge in [0.15, 0.2) is 0 Å². The van der Waals surface area contributed by atoms with Crippen LogP contribution in [0.4, 0.5) is 5.69 Å². The minimum atomic E-state index is -1.43. The molecule has 6 nitrogen and oxygen atoms in total. The Labute approximate surface area is 218 Å². The lowest BCUT2D eigenvalue weighted by molar-refractivity contribution is 0.0600. The molecule has 1 amide bonds. The number of rotatable bonds is 8. The highest BCUT2D eigenvalue weighted by atomic mass is 79.9. The van der Waals surface area contributed by atoms with Gasteiger partial charge in [-0.1, -0.05) is 56.1 Å². The first-order chi connectivity index (χ1) is 16.2. The van der Waals surface area contributed by atoms with Crippen molar-refractivity contribution in [2.45, 2.75) is 18.7 Å². The number of benzene rings is 3. The first-order valence-corrected chi connectivity index (χ1v) is 13.2. The first kappa shape index (κ1) is 26.1. The van der Waals surface area contributed by atoms with Gasteiger partial charge in [-0.3, -0.25) is 9.10 Å². The second kappa shape index (κ2) is 11.8. The summed E-state index contributed by atoms with van der Waals surface area (Å²) in [6.07, 6.45) is 0. The first-order valence-electron chi connectivity index (χ1n) is 10.3. The van der Waals surface area contributed by atoms with E-state index in [0.29, 0.717) is 5.69 Å². The average Bonchev–Trinajstić information content (AvgIpc) is 2.84. The summed E-state index contributed by atoms with van der Waals surface area (Å²) in [5.74, 6) is -0.646. The lowest BCUT2D eigenvalue weighted by atomic mass is 10.1. The molecule has 0 aliphatic heterocycles. The highest BCUT2D eigenvalue weighted by Crippen LogP contribution is 2.23. The van der Waals surface area contributed by atoms with E-state index in [1.165, 1.54) is 13.2 Å². The number of carbonyl (C=O) groups excluding carboxylic acids is 2. The number of amides is 1. The molecule has 3 aromatic rings. The quantitative estimate of drug-likeness (QED) is 0.329. The average molecular weight is 608 g/mol. The molecule has 34 heavy (non-hydrogen) atoms. The van der Waals surface area contributed by atoms with Crippen LogP contribution < -0.4 is 9.62 Å². The third-order valence-corrected chi connectivity index (χ3v) is 7.65. The van der Waals surface area contributed by atoms with Crippen LogP contribution in [0.15, 0.2) is 75.7 Å². The van der Waals surface area contributed by atoms with Crippen LogP contribution in [0.2, 0.25) is 0 Å². The molecule has 0 heterocycles. The van der Waals surface area contributed by atoms with Gasteiger partial charge in [-0.15, -0.1) is 0 Å². The van der Waals surface area contributed by atoms with Crippen molar-refractivity contribution in [3.8, 4) is 0 Å². The van der Waals surface area contributed by atoms with Crippen molar-refractivity contribution >= 4 is 60.4 Å². The van der Waals surface area contributed by atoms with Crippen molar-refractivity contribution in [3.05, 3.63) is 97.9 Å². The van der Waals surface area contributed by atoms with E-state index in [1.807, 2.05) is 55.5 Å². The van der Waals surface area contributed by atoms with Gasteiger partial charge < -0.3 is 10.1 Å². The van der Waals surface area contributed by atoms with Crippen LogP contribution in [-0.2, 0) is 21.5 Å². The van der Waals surface area contributed by atoms with E-state index < -0.39 is 17.0 Å². The smallest absolute Gasteiger partial charge is 0.337 e. The van der Waals surface area contributed by atoms with Gasteiger partial charge in [0, 0.05) is 21.6 Å². The Morgan fingerprint density at radius 3 is 2.12 bits per heavy atom. The van der Waals surface area contributed by atoms with Crippen molar-refractivity contribution < 1.29 is 18.5 Å². The third-order valence-electron chi connectivity index (χ3n) is 5.19. The molecule has 0 spiro atoms. The molecule has 1 N–H and O–H groups in total. The number of hydrogen-bond donors (Lipinski definition) is 1. The van der Waals surface area contributed by atoms with E-state index >= 15 is 0 Å². The number of nitrogens with zero attached hydrogens (tertiary/aromatic N) is 1. The van der Waals surface area contributed by atoms with E-state index in [2.05, 4.69) is 37.2 Å². The Morgan fingerprint density at radius 2 is 1.53 bits per heavy atom. The highest BCUT2D eigenvalue weighted by molar-refractivity contribution is 9.10. The van der Waals surface area contributed by atoms with Crippen molar-refractivity contribution in [1.29, 1.82) is 0 Å². The van der Waals surface area contributed by atoms with Gasteiger partial charge >= 0.3 is 5.97 Å². The summed E-state index contributed by atoms with van der Waals surface area (Å²) in [4.78, 5) is 25.3. The molecule has 1 unspecified atom stereocenters. The summed E-state index contributed by atoms with van der Waals surface area (Å²) in [7, 11) is 1.51. The van der Waals surface area contributed by atoms with Gasteiger partial charge in [-0.05, 0) is 60.5 Å². The number of nitrogens with one attached hydrogen (secondary N) is 1. The maximum atomic E-state index is 13.1. The maximum Gasteiger partial charge on any atom is 0.337 e. The monoisotopic (exact) mass is 606 g/mol. The number of hydrogen-bond acceptors (Lipinski definition) is 4. The van der Waals surface area contributed by atoms with E-state index in [4.69, 9.17) is 4.74 Å². The summed E-state index contributed by atoms with van der Waals surface area (Å²) < 4.78 is 21.3. The molecule has 9 heteroatoms. The van der Waals surface area contributed by atoms with E-state index in [-0.39, 0.29) is 28.8 Å². The van der Waals surface area contributed by atoms with Crippen LogP contribution in [0.25, 0.3) is 0 Å². The Balaban J connectivity index is 1.85. The minimum absolute atomic E-state index is 0.203. The molecular weight excluding hydrogens is 584 g/mol.